The van der Waals surface area contributed by atoms with E-state index >= 15 is 4.39 Å². The van der Waals surface area contributed by atoms with E-state index in [-0.39, 0.29) is 71.2 Å². The lowest BCUT2D eigenvalue weighted by atomic mass is 9.95. The van der Waals surface area contributed by atoms with Crippen LogP contribution in [0.4, 0.5) is 24.4 Å². The first kappa shape index (κ1) is 32.8. The molecule has 3 saturated heterocycles. The maximum absolute atomic E-state index is 17.0. The van der Waals surface area contributed by atoms with Crippen LogP contribution in [0.1, 0.15) is 37.7 Å². The van der Waals surface area contributed by atoms with Crippen LogP contribution in [0, 0.1) is 23.0 Å². The molecule has 0 saturated carbocycles. The molecule has 3 aromatic heterocycles. The zero-order valence-electron chi connectivity index (χ0n) is 26.8. The largest absolute Gasteiger partial charge is 0.461 e. The molecule has 5 aromatic rings. The third-order valence-electron chi connectivity index (χ3n) is 10.2. The van der Waals surface area contributed by atoms with Crippen molar-refractivity contribution in [1.82, 2.24) is 34.5 Å². The summed E-state index contributed by atoms with van der Waals surface area (Å²) in [4.78, 5) is 32.2. The van der Waals surface area contributed by atoms with E-state index in [2.05, 4.69) is 20.0 Å². The Bertz CT molecular complexity index is 2230. The third-order valence-corrected chi connectivity index (χ3v) is 11.7. The van der Waals surface area contributed by atoms with E-state index in [1.54, 1.807) is 18.0 Å². The average molecular weight is 740 g/mol. The van der Waals surface area contributed by atoms with Crippen molar-refractivity contribution in [2.75, 3.05) is 50.5 Å². The van der Waals surface area contributed by atoms with E-state index in [4.69, 9.17) is 38.7 Å². The molecule has 3 aliphatic heterocycles. The number of nitrogens with zero attached hydrogens (tertiary/aromatic N) is 9. The molecule has 0 unspecified atom stereocenters. The van der Waals surface area contributed by atoms with Gasteiger partial charge in [0.15, 0.2) is 5.82 Å². The van der Waals surface area contributed by atoms with Gasteiger partial charge in [0.2, 0.25) is 5.28 Å². The van der Waals surface area contributed by atoms with Crippen LogP contribution in [0.5, 0.6) is 6.01 Å². The smallest absolute Gasteiger partial charge is 0.346 e. The molecule has 3 aliphatic rings. The maximum atomic E-state index is 17.0. The lowest BCUT2D eigenvalue weighted by Crippen LogP contribution is -2.57. The van der Waals surface area contributed by atoms with Crippen LogP contribution < -0.4 is 15.4 Å². The number of hydrogen-bond donors (Lipinski definition) is 1. The summed E-state index contributed by atoms with van der Waals surface area (Å²) >= 11 is 13.6. The summed E-state index contributed by atoms with van der Waals surface area (Å²) in [7, 11) is 1.80. The van der Waals surface area contributed by atoms with Crippen molar-refractivity contribution in [2.45, 2.75) is 43.7 Å². The molecule has 0 aliphatic carbocycles. The molecule has 258 valence electrons. The fourth-order valence-corrected chi connectivity index (χ4v) is 9.05. The SMILES string of the molecule is CN(C[C@H]1CCN1C(=O)n1cnc(Cl)n1)c1nc(OCC23CCCN2CCC3)nc2c(F)c(-c3ccc(F)c4sc(N)c(C#N)c34)c(Cl)cc12. The Labute approximate surface area is 298 Å². The van der Waals surface area contributed by atoms with Gasteiger partial charge in [-0.05, 0) is 74.5 Å². The predicted octanol–water partition coefficient (Wildman–Crippen LogP) is 6.33. The minimum atomic E-state index is -0.777. The predicted molar refractivity (Wildman–Crippen MR) is 187 cm³/mol. The molecular weight excluding hydrogens is 709 g/mol. The number of fused-ring (bicyclic) bond motifs is 3. The van der Waals surface area contributed by atoms with Crippen molar-refractivity contribution >= 4 is 72.4 Å². The quantitative estimate of drug-likeness (QED) is 0.201. The van der Waals surface area contributed by atoms with E-state index in [9.17, 15) is 14.4 Å². The number of aromatic nitrogens is 5. The minimum Gasteiger partial charge on any atom is -0.461 e. The maximum Gasteiger partial charge on any atom is 0.346 e. The van der Waals surface area contributed by atoms with Gasteiger partial charge in [-0.25, -0.2) is 18.6 Å². The number of nitrogen functional groups attached to an aromatic ring is 1. The minimum absolute atomic E-state index is 0.000177. The summed E-state index contributed by atoms with van der Waals surface area (Å²) in [5.41, 5.74) is 6.13. The molecular formula is C33H30Cl2F2N10O2S. The fraction of sp³-hybridized carbons (Fsp3) is 0.394. The number of benzene rings is 2. The summed E-state index contributed by atoms with van der Waals surface area (Å²) in [5, 5.41) is 14.4. The van der Waals surface area contributed by atoms with E-state index in [1.807, 2.05) is 11.0 Å². The van der Waals surface area contributed by atoms with Gasteiger partial charge < -0.3 is 20.3 Å². The van der Waals surface area contributed by atoms with Gasteiger partial charge in [0, 0.05) is 36.5 Å². The molecule has 50 heavy (non-hydrogen) atoms. The Kier molecular flexibility index (Phi) is 8.17. The number of thiophene rings is 1. The molecule has 8 rings (SSSR count). The summed E-state index contributed by atoms with van der Waals surface area (Å²) in [6.07, 6.45) is 6.13. The van der Waals surface area contributed by atoms with Gasteiger partial charge >= 0.3 is 12.0 Å². The highest BCUT2D eigenvalue weighted by molar-refractivity contribution is 7.23. The first-order valence-electron chi connectivity index (χ1n) is 16.2. The number of ether oxygens (including phenoxy) is 1. The normalized spacial score (nSPS) is 18.4. The van der Waals surface area contributed by atoms with Crippen LogP contribution >= 0.6 is 34.5 Å². The van der Waals surface area contributed by atoms with E-state index in [0.717, 1.165) is 54.8 Å². The number of carbonyl (C=O) groups excluding carboxylic acids is 1. The standard InChI is InChI=1S/C33H30Cl2F2N10O2S/c1-44(14-17-6-11-46(17)32(48)47-16-40-30(35)43-47)29-19-12-21(34)24(18-4-5-22(36)27-23(18)20(13-38)28(39)50-27)25(37)26(19)41-31(42-29)49-15-33-7-2-9-45(33)10-3-8-33/h4-5,12,16-17H,2-3,6-11,14-15,39H2,1H3/t17-/m1/s1. The molecule has 6 heterocycles. The van der Waals surface area contributed by atoms with Crippen LogP contribution in [0.25, 0.3) is 32.1 Å². The Balaban J connectivity index is 1.21. The molecule has 1 atom stereocenters. The van der Waals surface area contributed by atoms with Gasteiger partial charge in [0.1, 0.15) is 41.2 Å². The van der Waals surface area contributed by atoms with Gasteiger partial charge in [-0.3, -0.25) is 4.90 Å². The van der Waals surface area contributed by atoms with Gasteiger partial charge in [-0.1, -0.05) is 17.7 Å². The summed E-state index contributed by atoms with van der Waals surface area (Å²) in [6.45, 7) is 3.23. The molecule has 2 N–H and O–H groups in total. The molecule has 12 nitrogen and oxygen atoms in total. The Morgan fingerprint density at radius 2 is 2.00 bits per heavy atom. The Morgan fingerprint density at radius 1 is 1.22 bits per heavy atom. The topological polar surface area (TPSA) is 142 Å². The second kappa shape index (κ2) is 12.4. The van der Waals surface area contributed by atoms with E-state index in [1.165, 1.54) is 18.5 Å². The summed E-state index contributed by atoms with van der Waals surface area (Å²) in [6, 6.07) is 5.62. The number of likely N-dealkylation sites (N-methyl/N-ethyl adjacent to an activating group) is 1. The van der Waals surface area contributed by atoms with Gasteiger partial charge in [0.25, 0.3) is 0 Å². The van der Waals surface area contributed by atoms with Crippen molar-refractivity contribution in [1.29, 1.82) is 5.26 Å². The molecule has 2 aromatic carbocycles. The number of carbonyl (C=O) groups is 1. The average Bonchev–Trinajstić information content (AvgIpc) is 3.86. The van der Waals surface area contributed by atoms with E-state index in [0.29, 0.717) is 37.3 Å². The lowest BCUT2D eigenvalue weighted by molar-refractivity contribution is 0.107. The zero-order chi connectivity index (χ0) is 34.9. The Hall–Kier alpha value is -4.36. The first-order chi connectivity index (χ1) is 24.1. The molecule has 0 bridgehead atoms. The van der Waals surface area contributed by atoms with Crippen LogP contribution in [0.2, 0.25) is 10.3 Å². The third kappa shape index (κ3) is 5.28. The molecule has 17 heteroatoms. The highest BCUT2D eigenvalue weighted by atomic mass is 35.5. The highest BCUT2D eigenvalue weighted by Crippen LogP contribution is 2.46. The second-order valence-electron chi connectivity index (χ2n) is 13.0. The molecule has 0 spiro atoms. The monoisotopic (exact) mass is 738 g/mol. The molecule has 0 radical (unpaired) electrons. The summed E-state index contributed by atoms with van der Waals surface area (Å²) in [5.74, 6) is -1.00. The van der Waals surface area contributed by atoms with Gasteiger partial charge in [-0.15, -0.1) is 16.4 Å². The second-order valence-corrected chi connectivity index (χ2v) is 14.8. The highest BCUT2D eigenvalue weighted by Gasteiger charge is 2.45. The molecule has 1 amide bonds. The van der Waals surface area contributed by atoms with Crippen molar-refractivity contribution < 1.29 is 18.3 Å². The number of halogens is 4. The van der Waals surface area contributed by atoms with Crippen LogP contribution in [0.3, 0.4) is 0 Å². The number of likely N-dealkylation sites (tertiary alicyclic amines) is 1. The zero-order valence-corrected chi connectivity index (χ0v) is 29.1. The number of nitrogens with two attached hydrogens (primary N) is 1. The van der Waals surface area contributed by atoms with Crippen molar-refractivity contribution in [2.24, 2.45) is 0 Å². The van der Waals surface area contributed by atoms with Crippen molar-refractivity contribution in [3.8, 4) is 23.2 Å². The number of anilines is 2. The van der Waals surface area contributed by atoms with Crippen molar-refractivity contribution in [3.05, 3.63) is 52.0 Å². The van der Waals surface area contributed by atoms with E-state index < -0.39 is 11.6 Å². The van der Waals surface area contributed by atoms with Crippen LogP contribution in [-0.4, -0.2) is 92.0 Å². The van der Waals surface area contributed by atoms with Crippen LogP contribution in [0.15, 0.2) is 24.5 Å². The van der Waals surface area contributed by atoms with Gasteiger partial charge in [-0.2, -0.15) is 19.9 Å². The number of amides is 1. The van der Waals surface area contributed by atoms with Crippen LogP contribution in [-0.2, 0) is 0 Å². The Morgan fingerprint density at radius 3 is 2.68 bits per heavy atom. The lowest BCUT2D eigenvalue weighted by Gasteiger charge is -2.42. The molecule has 3 fully saturated rings. The van der Waals surface area contributed by atoms with Crippen molar-refractivity contribution in [3.63, 3.8) is 0 Å². The fourth-order valence-electron chi connectivity index (χ4n) is 7.68. The summed E-state index contributed by atoms with van der Waals surface area (Å²) < 4.78 is 39.5. The van der Waals surface area contributed by atoms with Gasteiger partial charge in [0.05, 0.1) is 26.9 Å². The number of rotatable bonds is 7. The number of hydrogen-bond acceptors (Lipinski definition) is 11. The first-order valence-corrected chi connectivity index (χ1v) is 17.7. The number of nitriles is 1.